The van der Waals surface area contributed by atoms with Gasteiger partial charge in [0.15, 0.2) is 0 Å². The van der Waals surface area contributed by atoms with Gasteiger partial charge in [0.2, 0.25) is 0 Å². The molecule has 0 bridgehead atoms. The van der Waals surface area contributed by atoms with Gasteiger partial charge in [-0.15, -0.1) is 0 Å². The molecule has 17 heavy (non-hydrogen) atoms. The summed E-state index contributed by atoms with van der Waals surface area (Å²) in [5, 5.41) is 13.5. The largest absolute Gasteiger partial charge is 0.309 e. The first-order valence-electron chi connectivity index (χ1n) is 5.45. The molecule has 0 aromatic heterocycles. The van der Waals surface area contributed by atoms with Crippen LogP contribution in [-0.2, 0) is 0 Å². The standard InChI is InChI=1S/C13H16Cl2N2/c1-9(17-8-13(2,3)7-16)11-5-4-10(14)6-12(11)15/h4-6,9,17H,8H2,1-3H3. The van der Waals surface area contributed by atoms with Crippen molar-refractivity contribution in [3.8, 4) is 6.07 Å². The Bertz CT molecular complexity index is 436. The van der Waals surface area contributed by atoms with Crippen LogP contribution in [0, 0.1) is 16.7 Å². The molecular formula is C13H16Cl2N2. The predicted octanol–water partition coefficient (Wildman–Crippen LogP) is 4.19. The Morgan fingerprint density at radius 2 is 2.06 bits per heavy atom. The molecule has 0 aliphatic carbocycles. The molecule has 1 aromatic rings. The Balaban J connectivity index is 2.71. The van der Waals surface area contributed by atoms with Gasteiger partial charge < -0.3 is 5.32 Å². The van der Waals surface area contributed by atoms with Crippen LogP contribution in [-0.4, -0.2) is 6.54 Å². The molecule has 1 unspecified atom stereocenters. The Morgan fingerprint density at radius 3 is 2.59 bits per heavy atom. The fourth-order valence-electron chi connectivity index (χ4n) is 1.41. The molecule has 0 fully saturated rings. The number of hydrogen-bond acceptors (Lipinski definition) is 2. The van der Waals surface area contributed by atoms with Crippen molar-refractivity contribution in [1.82, 2.24) is 5.32 Å². The minimum atomic E-state index is -0.382. The predicted molar refractivity (Wildman–Crippen MR) is 72.3 cm³/mol. The van der Waals surface area contributed by atoms with Gasteiger partial charge in [-0.25, -0.2) is 0 Å². The van der Waals surface area contributed by atoms with Crippen molar-refractivity contribution >= 4 is 23.2 Å². The highest BCUT2D eigenvalue weighted by Gasteiger charge is 2.18. The van der Waals surface area contributed by atoms with Gasteiger partial charge in [-0.05, 0) is 38.5 Å². The number of rotatable bonds is 4. The highest BCUT2D eigenvalue weighted by atomic mass is 35.5. The molecule has 92 valence electrons. The molecule has 0 heterocycles. The first kappa shape index (κ1) is 14.3. The molecule has 0 saturated carbocycles. The summed E-state index contributed by atoms with van der Waals surface area (Å²) in [5.74, 6) is 0. The lowest BCUT2D eigenvalue weighted by molar-refractivity contribution is 0.415. The number of nitrogens with zero attached hydrogens (tertiary/aromatic N) is 1. The number of halogens is 2. The third-order valence-electron chi connectivity index (χ3n) is 2.58. The van der Waals surface area contributed by atoms with Gasteiger partial charge in [-0.1, -0.05) is 29.3 Å². The average molecular weight is 271 g/mol. The second kappa shape index (κ2) is 5.73. The third-order valence-corrected chi connectivity index (χ3v) is 3.14. The second-order valence-corrected chi connectivity index (χ2v) is 5.61. The van der Waals surface area contributed by atoms with E-state index < -0.39 is 0 Å². The average Bonchev–Trinajstić information content (AvgIpc) is 2.26. The van der Waals surface area contributed by atoms with E-state index in [1.54, 1.807) is 6.07 Å². The summed E-state index contributed by atoms with van der Waals surface area (Å²) in [6, 6.07) is 7.79. The zero-order valence-electron chi connectivity index (χ0n) is 10.2. The molecule has 0 radical (unpaired) electrons. The molecular weight excluding hydrogens is 255 g/mol. The maximum atomic E-state index is 8.93. The van der Waals surface area contributed by atoms with Crippen LogP contribution in [0.3, 0.4) is 0 Å². The maximum Gasteiger partial charge on any atom is 0.0697 e. The molecule has 2 nitrogen and oxygen atoms in total. The van der Waals surface area contributed by atoms with E-state index >= 15 is 0 Å². The van der Waals surface area contributed by atoms with Crippen molar-refractivity contribution in [3.63, 3.8) is 0 Å². The summed E-state index contributed by atoms with van der Waals surface area (Å²) < 4.78 is 0. The van der Waals surface area contributed by atoms with Crippen molar-refractivity contribution in [3.05, 3.63) is 33.8 Å². The van der Waals surface area contributed by atoms with Crippen LogP contribution >= 0.6 is 23.2 Å². The molecule has 0 amide bonds. The SMILES string of the molecule is CC(NCC(C)(C)C#N)c1ccc(Cl)cc1Cl. The number of nitrogens with one attached hydrogen (secondary N) is 1. The lowest BCUT2D eigenvalue weighted by Gasteiger charge is -2.21. The summed E-state index contributed by atoms with van der Waals surface area (Å²) in [6.45, 7) is 6.43. The summed E-state index contributed by atoms with van der Waals surface area (Å²) >= 11 is 12.0. The van der Waals surface area contributed by atoms with Gasteiger partial charge in [0.1, 0.15) is 0 Å². The molecule has 0 aliphatic rings. The fraction of sp³-hybridized carbons (Fsp3) is 0.462. The zero-order valence-corrected chi connectivity index (χ0v) is 11.7. The Hall–Kier alpha value is -0.750. The number of hydrogen-bond donors (Lipinski definition) is 1. The van der Waals surface area contributed by atoms with Crippen LogP contribution in [0.15, 0.2) is 18.2 Å². The zero-order chi connectivity index (χ0) is 13.1. The Kier molecular flexibility index (Phi) is 4.82. The molecule has 0 spiro atoms. The quantitative estimate of drug-likeness (QED) is 0.891. The van der Waals surface area contributed by atoms with Crippen LogP contribution < -0.4 is 5.32 Å². The van der Waals surface area contributed by atoms with Gasteiger partial charge in [0.05, 0.1) is 11.5 Å². The molecule has 1 rings (SSSR count). The van der Waals surface area contributed by atoms with E-state index in [0.29, 0.717) is 16.6 Å². The lowest BCUT2D eigenvalue weighted by atomic mass is 9.95. The van der Waals surface area contributed by atoms with Crippen molar-refractivity contribution < 1.29 is 0 Å². The minimum Gasteiger partial charge on any atom is -0.309 e. The summed E-state index contributed by atoms with van der Waals surface area (Å²) in [5.41, 5.74) is 0.609. The van der Waals surface area contributed by atoms with Crippen LogP contribution in [0.25, 0.3) is 0 Å². The number of benzene rings is 1. The Labute approximate surface area is 113 Å². The van der Waals surface area contributed by atoms with E-state index in [1.807, 2.05) is 32.9 Å². The Morgan fingerprint density at radius 1 is 1.41 bits per heavy atom. The highest BCUT2D eigenvalue weighted by molar-refractivity contribution is 6.35. The first-order valence-corrected chi connectivity index (χ1v) is 6.21. The molecule has 4 heteroatoms. The van der Waals surface area contributed by atoms with E-state index in [1.165, 1.54) is 0 Å². The van der Waals surface area contributed by atoms with Gasteiger partial charge in [-0.2, -0.15) is 5.26 Å². The molecule has 0 saturated heterocycles. The van der Waals surface area contributed by atoms with Gasteiger partial charge >= 0.3 is 0 Å². The smallest absolute Gasteiger partial charge is 0.0697 e. The van der Waals surface area contributed by atoms with Crippen molar-refractivity contribution in [2.24, 2.45) is 5.41 Å². The van der Waals surface area contributed by atoms with Crippen LogP contribution in [0.1, 0.15) is 32.4 Å². The van der Waals surface area contributed by atoms with Gasteiger partial charge in [-0.3, -0.25) is 0 Å². The van der Waals surface area contributed by atoms with Gasteiger partial charge in [0, 0.05) is 22.6 Å². The minimum absolute atomic E-state index is 0.0902. The summed E-state index contributed by atoms with van der Waals surface area (Å²) in [6.07, 6.45) is 0. The maximum absolute atomic E-state index is 8.93. The van der Waals surface area contributed by atoms with Crippen molar-refractivity contribution in [2.75, 3.05) is 6.54 Å². The molecule has 1 N–H and O–H groups in total. The first-order chi connectivity index (χ1) is 7.85. The molecule has 1 atom stereocenters. The molecule has 0 aliphatic heterocycles. The monoisotopic (exact) mass is 270 g/mol. The van der Waals surface area contributed by atoms with E-state index in [-0.39, 0.29) is 11.5 Å². The van der Waals surface area contributed by atoms with Crippen LogP contribution in [0.2, 0.25) is 10.0 Å². The fourth-order valence-corrected chi connectivity index (χ4v) is 1.98. The second-order valence-electron chi connectivity index (χ2n) is 4.76. The van der Waals surface area contributed by atoms with Crippen LogP contribution in [0.5, 0.6) is 0 Å². The highest BCUT2D eigenvalue weighted by Crippen LogP contribution is 2.26. The van der Waals surface area contributed by atoms with Crippen LogP contribution in [0.4, 0.5) is 0 Å². The van der Waals surface area contributed by atoms with Crippen molar-refractivity contribution in [2.45, 2.75) is 26.8 Å². The lowest BCUT2D eigenvalue weighted by Crippen LogP contribution is -2.30. The third kappa shape index (κ3) is 4.20. The number of nitriles is 1. The molecule has 1 aromatic carbocycles. The van der Waals surface area contributed by atoms with E-state index in [0.717, 1.165) is 5.56 Å². The van der Waals surface area contributed by atoms with E-state index in [9.17, 15) is 0 Å². The summed E-state index contributed by atoms with van der Waals surface area (Å²) in [7, 11) is 0. The summed E-state index contributed by atoms with van der Waals surface area (Å²) in [4.78, 5) is 0. The van der Waals surface area contributed by atoms with Crippen molar-refractivity contribution in [1.29, 1.82) is 5.26 Å². The topological polar surface area (TPSA) is 35.8 Å². The normalized spacial score (nSPS) is 13.2. The van der Waals surface area contributed by atoms with Gasteiger partial charge in [0.25, 0.3) is 0 Å². The van der Waals surface area contributed by atoms with E-state index in [4.69, 9.17) is 28.5 Å². The van der Waals surface area contributed by atoms with E-state index in [2.05, 4.69) is 11.4 Å².